The second-order valence-electron chi connectivity index (χ2n) is 7.16. The van der Waals surface area contributed by atoms with E-state index >= 15 is 0 Å². The van der Waals surface area contributed by atoms with Crippen molar-refractivity contribution in [2.24, 2.45) is 0 Å². The normalized spacial score (nSPS) is 11.1. The molecule has 0 saturated carbocycles. The van der Waals surface area contributed by atoms with Gasteiger partial charge in [0.15, 0.2) is 0 Å². The maximum Gasteiger partial charge on any atom is 0.224 e. The molecule has 4 rings (SSSR count). The zero-order valence-corrected chi connectivity index (χ0v) is 16.9. The zero-order chi connectivity index (χ0) is 20.2. The summed E-state index contributed by atoms with van der Waals surface area (Å²) in [6, 6.07) is 18.3. The quantitative estimate of drug-likeness (QED) is 0.463. The predicted octanol–water partition coefficient (Wildman–Crippen LogP) is 5.13. The average Bonchev–Trinajstić information content (AvgIpc) is 3.12. The lowest BCUT2D eigenvalue weighted by Crippen LogP contribution is -2.21. The molecule has 0 fully saturated rings. The Morgan fingerprint density at radius 2 is 1.76 bits per heavy atom. The van der Waals surface area contributed by atoms with Crippen LogP contribution in [-0.4, -0.2) is 29.0 Å². The van der Waals surface area contributed by atoms with Crippen molar-refractivity contribution < 1.29 is 4.79 Å². The topological polar surface area (TPSA) is 61.0 Å². The van der Waals surface area contributed by atoms with Crippen molar-refractivity contribution in [3.63, 3.8) is 0 Å². The highest BCUT2D eigenvalue weighted by atomic mass is 16.1. The number of para-hydroxylation sites is 1. The Bertz CT molecular complexity index is 1130. The summed E-state index contributed by atoms with van der Waals surface area (Å²) in [7, 11) is 0. The standard InChI is InChI=1S/C24H26N4O/c1-3-28(4-2)19-12-9-17(10-13-19)26-24(29)14-11-18-15-21-20-7-5-6-8-22(20)27-23(21)16-25-18/h5-10,12-13,15-16,27H,3-4,11,14H2,1-2H3,(H,26,29). The molecule has 0 spiro atoms. The summed E-state index contributed by atoms with van der Waals surface area (Å²) in [5.41, 5.74) is 5.05. The third-order valence-corrected chi connectivity index (χ3v) is 5.34. The fourth-order valence-corrected chi connectivity index (χ4v) is 3.74. The monoisotopic (exact) mass is 386 g/mol. The predicted molar refractivity (Wildman–Crippen MR) is 121 cm³/mol. The molecule has 0 aliphatic heterocycles. The Hall–Kier alpha value is -3.34. The van der Waals surface area contributed by atoms with Gasteiger partial charge in [0, 0.05) is 52.9 Å². The van der Waals surface area contributed by atoms with E-state index in [-0.39, 0.29) is 5.91 Å². The minimum absolute atomic E-state index is 0.00131. The number of fused-ring (bicyclic) bond motifs is 3. The molecule has 1 amide bonds. The van der Waals surface area contributed by atoms with Crippen LogP contribution in [0.5, 0.6) is 0 Å². The fourth-order valence-electron chi connectivity index (χ4n) is 3.74. The second kappa shape index (κ2) is 8.35. The molecule has 0 radical (unpaired) electrons. The molecule has 0 aliphatic carbocycles. The smallest absolute Gasteiger partial charge is 0.224 e. The number of hydrogen-bond donors (Lipinski definition) is 2. The summed E-state index contributed by atoms with van der Waals surface area (Å²) in [5.74, 6) is 0.00131. The highest BCUT2D eigenvalue weighted by Gasteiger charge is 2.08. The van der Waals surface area contributed by atoms with E-state index in [1.54, 1.807) is 0 Å². The summed E-state index contributed by atoms with van der Waals surface area (Å²) < 4.78 is 0. The highest BCUT2D eigenvalue weighted by molar-refractivity contribution is 6.07. The van der Waals surface area contributed by atoms with Crippen LogP contribution in [0.2, 0.25) is 0 Å². The van der Waals surface area contributed by atoms with E-state index < -0.39 is 0 Å². The maximum absolute atomic E-state index is 12.4. The Morgan fingerprint density at radius 3 is 2.52 bits per heavy atom. The third-order valence-electron chi connectivity index (χ3n) is 5.34. The van der Waals surface area contributed by atoms with Gasteiger partial charge >= 0.3 is 0 Å². The molecule has 0 unspecified atom stereocenters. The van der Waals surface area contributed by atoms with E-state index in [0.717, 1.165) is 40.9 Å². The zero-order valence-electron chi connectivity index (χ0n) is 16.9. The first-order valence-corrected chi connectivity index (χ1v) is 10.2. The molecule has 5 heteroatoms. The molecule has 0 bridgehead atoms. The van der Waals surface area contributed by atoms with E-state index in [0.29, 0.717) is 12.8 Å². The van der Waals surface area contributed by atoms with Crippen LogP contribution in [0.4, 0.5) is 11.4 Å². The minimum atomic E-state index is 0.00131. The molecule has 4 aromatic rings. The molecule has 2 heterocycles. The lowest BCUT2D eigenvalue weighted by Gasteiger charge is -2.21. The Kier molecular flexibility index (Phi) is 5.47. The van der Waals surface area contributed by atoms with Crippen molar-refractivity contribution in [3.05, 3.63) is 66.5 Å². The van der Waals surface area contributed by atoms with Crippen LogP contribution < -0.4 is 10.2 Å². The van der Waals surface area contributed by atoms with Gasteiger partial charge in [-0.1, -0.05) is 18.2 Å². The number of rotatable bonds is 7. The van der Waals surface area contributed by atoms with Gasteiger partial charge in [0.05, 0.1) is 11.7 Å². The van der Waals surface area contributed by atoms with Crippen molar-refractivity contribution in [2.45, 2.75) is 26.7 Å². The SMILES string of the molecule is CCN(CC)c1ccc(NC(=O)CCc2cc3c(cn2)[nH]c2ccccc23)cc1. The van der Waals surface area contributed by atoms with Gasteiger partial charge in [0.25, 0.3) is 0 Å². The van der Waals surface area contributed by atoms with E-state index in [2.05, 4.69) is 64.4 Å². The molecule has 29 heavy (non-hydrogen) atoms. The molecular formula is C24H26N4O. The Balaban J connectivity index is 1.40. The van der Waals surface area contributed by atoms with Gasteiger partial charge in [-0.15, -0.1) is 0 Å². The highest BCUT2D eigenvalue weighted by Crippen LogP contribution is 2.25. The minimum Gasteiger partial charge on any atom is -0.372 e. The largest absolute Gasteiger partial charge is 0.372 e. The lowest BCUT2D eigenvalue weighted by atomic mass is 10.1. The van der Waals surface area contributed by atoms with Gasteiger partial charge in [-0.3, -0.25) is 9.78 Å². The lowest BCUT2D eigenvalue weighted by molar-refractivity contribution is -0.116. The van der Waals surface area contributed by atoms with Gasteiger partial charge < -0.3 is 15.2 Å². The number of nitrogens with zero attached hydrogens (tertiary/aromatic N) is 2. The van der Waals surface area contributed by atoms with E-state index in [4.69, 9.17) is 0 Å². The van der Waals surface area contributed by atoms with Crippen LogP contribution in [0.25, 0.3) is 21.8 Å². The molecule has 5 nitrogen and oxygen atoms in total. The number of aryl methyl sites for hydroxylation is 1. The van der Waals surface area contributed by atoms with Crippen molar-refractivity contribution in [1.82, 2.24) is 9.97 Å². The first-order chi connectivity index (χ1) is 14.2. The number of aromatic nitrogens is 2. The van der Waals surface area contributed by atoms with Crippen LogP contribution in [0, 0.1) is 0 Å². The number of hydrogen-bond acceptors (Lipinski definition) is 3. The van der Waals surface area contributed by atoms with E-state index in [9.17, 15) is 4.79 Å². The summed E-state index contributed by atoms with van der Waals surface area (Å²) in [5, 5.41) is 5.32. The summed E-state index contributed by atoms with van der Waals surface area (Å²) in [4.78, 5) is 22.6. The summed E-state index contributed by atoms with van der Waals surface area (Å²) in [6.07, 6.45) is 2.87. The second-order valence-corrected chi connectivity index (χ2v) is 7.16. The first-order valence-electron chi connectivity index (χ1n) is 10.2. The summed E-state index contributed by atoms with van der Waals surface area (Å²) in [6.45, 7) is 6.22. The number of aromatic amines is 1. The maximum atomic E-state index is 12.4. The van der Waals surface area contributed by atoms with Crippen LogP contribution in [-0.2, 0) is 11.2 Å². The van der Waals surface area contributed by atoms with Gasteiger partial charge in [0.2, 0.25) is 5.91 Å². The van der Waals surface area contributed by atoms with Gasteiger partial charge in [-0.05, 0) is 56.7 Å². The number of carbonyl (C=O) groups is 1. The fraction of sp³-hybridized carbons (Fsp3) is 0.250. The van der Waals surface area contributed by atoms with Gasteiger partial charge in [-0.25, -0.2) is 0 Å². The number of benzene rings is 2. The van der Waals surface area contributed by atoms with Gasteiger partial charge in [-0.2, -0.15) is 0 Å². The molecule has 2 aromatic carbocycles. The van der Waals surface area contributed by atoms with Crippen molar-refractivity contribution in [2.75, 3.05) is 23.3 Å². The Labute approximate surface area is 170 Å². The number of nitrogens with one attached hydrogen (secondary N) is 2. The van der Waals surface area contributed by atoms with E-state index in [1.807, 2.05) is 30.5 Å². The molecule has 2 aromatic heterocycles. The summed E-state index contributed by atoms with van der Waals surface area (Å²) >= 11 is 0. The first kappa shape index (κ1) is 19.0. The van der Waals surface area contributed by atoms with Crippen molar-refractivity contribution in [3.8, 4) is 0 Å². The molecule has 0 saturated heterocycles. The van der Waals surface area contributed by atoms with Gasteiger partial charge in [0.1, 0.15) is 0 Å². The molecule has 148 valence electrons. The number of anilines is 2. The van der Waals surface area contributed by atoms with Crippen molar-refractivity contribution >= 4 is 39.1 Å². The third kappa shape index (κ3) is 4.09. The molecule has 0 aliphatic rings. The number of carbonyl (C=O) groups excluding carboxylic acids is 1. The van der Waals surface area contributed by atoms with Crippen molar-refractivity contribution in [1.29, 1.82) is 0 Å². The van der Waals surface area contributed by atoms with Crippen LogP contribution in [0.3, 0.4) is 0 Å². The molecule has 0 atom stereocenters. The number of H-pyrrole nitrogens is 1. The van der Waals surface area contributed by atoms with Crippen LogP contribution >= 0.6 is 0 Å². The number of pyridine rings is 1. The molecular weight excluding hydrogens is 360 g/mol. The van der Waals surface area contributed by atoms with Crippen LogP contribution in [0.1, 0.15) is 26.0 Å². The van der Waals surface area contributed by atoms with E-state index in [1.165, 1.54) is 11.1 Å². The van der Waals surface area contributed by atoms with Crippen LogP contribution in [0.15, 0.2) is 60.8 Å². The number of amides is 1. The Morgan fingerprint density at radius 1 is 1.00 bits per heavy atom. The average molecular weight is 386 g/mol. The molecule has 2 N–H and O–H groups in total.